The van der Waals surface area contributed by atoms with Gasteiger partial charge < -0.3 is 10.1 Å². The van der Waals surface area contributed by atoms with Gasteiger partial charge in [0, 0.05) is 11.4 Å². The van der Waals surface area contributed by atoms with Crippen molar-refractivity contribution in [1.82, 2.24) is 5.32 Å². The third-order valence-electron chi connectivity index (χ3n) is 3.57. The number of hydrogen-bond acceptors (Lipinski definition) is 2. The standard InChI is InChI=1S/C15H17NO/c1-17-15-9-8-12(14-7-4-10-16-14)11-5-2-3-6-13(11)15/h2-3,5-6,8-9,14,16H,4,7,10H2,1H3/t14-/m0/s1. The van der Waals surface area contributed by atoms with Gasteiger partial charge in [0.2, 0.25) is 0 Å². The third kappa shape index (κ3) is 1.79. The number of nitrogens with one attached hydrogen (secondary N) is 1. The second-order valence-corrected chi connectivity index (χ2v) is 4.55. The molecule has 0 aromatic heterocycles. The van der Waals surface area contributed by atoms with Crippen molar-refractivity contribution in [2.24, 2.45) is 0 Å². The molecule has 3 rings (SSSR count). The average Bonchev–Trinajstić information content (AvgIpc) is 2.91. The molecule has 1 atom stereocenters. The van der Waals surface area contributed by atoms with Crippen molar-refractivity contribution in [2.45, 2.75) is 18.9 Å². The van der Waals surface area contributed by atoms with Crippen molar-refractivity contribution in [3.63, 3.8) is 0 Å². The van der Waals surface area contributed by atoms with Crippen LogP contribution >= 0.6 is 0 Å². The minimum atomic E-state index is 0.505. The molecule has 0 aliphatic carbocycles. The summed E-state index contributed by atoms with van der Waals surface area (Å²) in [6, 6.07) is 13.3. The molecular formula is C15H17NO. The van der Waals surface area contributed by atoms with Gasteiger partial charge in [-0.15, -0.1) is 0 Å². The topological polar surface area (TPSA) is 21.3 Å². The van der Waals surface area contributed by atoms with Crippen molar-refractivity contribution in [2.75, 3.05) is 13.7 Å². The van der Waals surface area contributed by atoms with Gasteiger partial charge in [-0.05, 0) is 36.4 Å². The van der Waals surface area contributed by atoms with Gasteiger partial charge >= 0.3 is 0 Å². The Balaban J connectivity index is 2.19. The van der Waals surface area contributed by atoms with Crippen LogP contribution < -0.4 is 10.1 Å². The minimum Gasteiger partial charge on any atom is -0.496 e. The van der Waals surface area contributed by atoms with Crippen LogP contribution in [0.1, 0.15) is 24.4 Å². The largest absolute Gasteiger partial charge is 0.496 e. The lowest BCUT2D eigenvalue weighted by molar-refractivity contribution is 0.419. The molecule has 0 spiro atoms. The highest BCUT2D eigenvalue weighted by Gasteiger charge is 2.18. The Morgan fingerprint density at radius 3 is 2.65 bits per heavy atom. The molecular weight excluding hydrogens is 210 g/mol. The molecule has 0 saturated carbocycles. The van der Waals surface area contributed by atoms with E-state index in [1.54, 1.807) is 7.11 Å². The molecule has 1 N–H and O–H groups in total. The number of methoxy groups -OCH3 is 1. The molecule has 2 aromatic rings. The van der Waals surface area contributed by atoms with Crippen LogP contribution in [0.15, 0.2) is 36.4 Å². The first-order valence-electron chi connectivity index (χ1n) is 6.19. The highest BCUT2D eigenvalue weighted by molar-refractivity contribution is 5.91. The van der Waals surface area contributed by atoms with Gasteiger partial charge in [0.05, 0.1) is 7.11 Å². The van der Waals surface area contributed by atoms with E-state index >= 15 is 0 Å². The second kappa shape index (κ2) is 4.38. The summed E-state index contributed by atoms with van der Waals surface area (Å²) in [4.78, 5) is 0. The lowest BCUT2D eigenvalue weighted by atomic mass is 9.97. The normalized spacial score (nSPS) is 19.7. The van der Waals surface area contributed by atoms with Crippen molar-refractivity contribution >= 4 is 10.8 Å². The molecule has 2 aromatic carbocycles. The van der Waals surface area contributed by atoms with Gasteiger partial charge in [-0.2, -0.15) is 0 Å². The van der Waals surface area contributed by atoms with E-state index in [9.17, 15) is 0 Å². The quantitative estimate of drug-likeness (QED) is 0.850. The molecule has 0 unspecified atom stereocenters. The van der Waals surface area contributed by atoms with Gasteiger partial charge in [-0.25, -0.2) is 0 Å². The fraction of sp³-hybridized carbons (Fsp3) is 0.333. The van der Waals surface area contributed by atoms with E-state index in [1.165, 1.54) is 29.2 Å². The predicted molar refractivity (Wildman–Crippen MR) is 70.5 cm³/mol. The maximum absolute atomic E-state index is 5.42. The molecule has 1 fully saturated rings. The van der Waals surface area contributed by atoms with Crippen LogP contribution in [0, 0.1) is 0 Å². The monoisotopic (exact) mass is 227 g/mol. The van der Waals surface area contributed by atoms with Crippen molar-refractivity contribution in [1.29, 1.82) is 0 Å². The highest BCUT2D eigenvalue weighted by atomic mass is 16.5. The molecule has 0 bridgehead atoms. The zero-order valence-corrected chi connectivity index (χ0v) is 10.1. The molecule has 88 valence electrons. The first kappa shape index (κ1) is 10.6. The van der Waals surface area contributed by atoms with Crippen LogP contribution in [0.3, 0.4) is 0 Å². The molecule has 2 heteroatoms. The van der Waals surface area contributed by atoms with Crippen molar-refractivity contribution < 1.29 is 4.74 Å². The lowest BCUT2D eigenvalue weighted by Gasteiger charge is -2.15. The number of rotatable bonds is 2. The summed E-state index contributed by atoms with van der Waals surface area (Å²) in [6.45, 7) is 1.13. The molecule has 0 radical (unpaired) electrons. The van der Waals surface area contributed by atoms with Crippen LogP contribution in [0.25, 0.3) is 10.8 Å². The minimum absolute atomic E-state index is 0.505. The van der Waals surface area contributed by atoms with E-state index in [0.717, 1.165) is 12.3 Å². The van der Waals surface area contributed by atoms with Gasteiger partial charge in [-0.3, -0.25) is 0 Å². The van der Waals surface area contributed by atoms with Gasteiger partial charge in [0.25, 0.3) is 0 Å². The van der Waals surface area contributed by atoms with Gasteiger partial charge in [-0.1, -0.05) is 30.3 Å². The predicted octanol–water partition coefficient (Wildman–Crippen LogP) is 3.27. The van der Waals surface area contributed by atoms with Crippen LogP contribution in [-0.4, -0.2) is 13.7 Å². The van der Waals surface area contributed by atoms with E-state index in [0.29, 0.717) is 6.04 Å². The number of hydrogen-bond donors (Lipinski definition) is 1. The Labute approximate surface area is 102 Å². The zero-order chi connectivity index (χ0) is 11.7. The van der Waals surface area contributed by atoms with Crippen LogP contribution in [0.4, 0.5) is 0 Å². The Kier molecular flexibility index (Phi) is 2.73. The Morgan fingerprint density at radius 1 is 1.12 bits per heavy atom. The van der Waals surface area contributed by atoms with Gasteiger partial charge in [0.1, 0.15) is 5.75 Å². The Morgan fingerprint density at radius 2 is 1.94 bits per heavy atom. The molecule has 1 aliphatic heterocycles. The molecule has 1 heterocycles. The van der Waals surface area contributed by atoms with Gasteiger partial charge in [0.15, 0.2) is 0 Å². The van der Waals surface area contributed by atoms with E-state index in [2.05, 4.69) is 41.7 Å². The molecule has 1 saturated heterocycles. The maximum Gasteiger partial charge on any atom is 0.126 e. The number of fused-ring (bicyclic) bond motifs is 1. The molecule has 0 amide bonds. The van der Waals surface area contributed by atoms with E-state index in [4.69, 9.17) is 4.74 Å². The summed E-state index contributed by atoms with van der Waals surface area (Å²) in [5, 5.41) is 6.08. The number of ether oxygens (including phenoxy) is 1. The Hall–Kier alpha value is -1.54. The average molecular weight is 227 g/mol. The van der Waals surface area contributed by atoms with Crippen LogP contribution in [0.2, 0.25) is 0 Å². The fourth-order valence-corrected chi connectivity index (χ4v) is 2.73. The summed E-state index contributed by atoms with van der Waals surface area (Å²) in [5.74, 6) is 0.961. The van der Waals surface area contributed by atoms with Crippen LogP contribution in [0.5, 0.6) is 5.75 Å². The van der Waals surface area contributed by atoms with E-state index in [-0.39, 0.29) is 0 Å². The zero-order valence-electron chi connectivity index (χ0n) is 10.1. The second-order valence-electron chi connectivity index (χ2n) is 4.55. The summed E-state index contributed by atoms with van der Waals surface area (Å²) >= 11 is 0. The van der Waals surface area contributed by atoms with Crippen molar-refractivity contribution in [3.8, 4) is 5.75 Å². The SMILES string of the molecule is COc1ccc([C@@H]2CCCN2)c2ccccc12. The first-order valence-corrected chi connectivity index (χ1v) is 6.19. The smallest absolute Gasteiger partial charge is 0.126 e. The summed E-state index contributed by atoms with van der Waals surface area (Å²) in [5.41, 5.74) is 1.40. The van der Waals surface area contributed by atoms with Crippen LogP contribution in [-0.2, 0) is 0 Å². The number of benzene rings is 2. The van der Waals surface area contributed by atoms with E-state index < -0.39 is 0 Å². The summed E-state index contributed by atoms with van der Waals surface area (Å²) < 4.78 is 5.42. The summed E-state index contributed by atoms with van der Waals surface area (Å²) in [6.07, 6.45) is 2.50. The molecule has 2 nitrogen and oxygen atoms in total. The molecule has 1 aliphatic rings. The Bertz CT molecular complexity index is 529. The third-order valence-corrected chi connectivity index (χ3v) is 3.57. The fourth-order valence-electron chi connectivity index (χ4n) is 2.73. The first-order chi connectivity index (χ1) is 8.40. The highest BCUT2D eigenvalue weighted by Crippen LogP contribution is 2.34. The molecule has 17 heavy (non-hydrogen) atoms. The summed E-state index contributed by atoms with van der Waals surface area (Å²) in [7, 11) is 1.73. The van der Waals surface area contributed by atoms with E-state index in [1.807, 2.05) is 0 Å². The lowest BCUT2D eigenvalue weighted by Crippen LogP contribution is -2.13. The maximum atomic E-state index is 5.42. The van der Waals surface area contributed by atoms with Crippen molar-refractivity contribution in [3.05, 3.63) is 42.0 Å².